The zero-order valence-electron chi connectivity index (χ0n) is 10.3. The molecule has 0 aliphatic rings. The van der Waals surface area contributed by atoms with Crippen molar-refractivity contribution in [2.45, 2.75) is 6.92 Å². The van der Waals surface area contributed by atoms with Crippen LogP contribution in [0.25, 0.3) is 0 Å². The van der Waals surface area contributed by atoms with E-state index in [1.165, 1.54) is 0 Å². The Morgan fingerprint density at radius 2 is 2.21 bits per heavy atom. The van der Waals surface area contributed by atoms with Crippen molar-refractivity contribution in [3.63, 3.8) is 0 Å². The van der Waals surface area contributed by atoms with Crippen LogP contribution in [0.4, 0.5) is 17.5 Å². The summed E-state index contributed by atoms with van der Waals surface area (Å²) in [6, 6.07) is 9.31. The van der Waals surface area contributed by atoms with Crippen LogP contribution in [0.15, 0.2) is 34.9 Å². The molecule has 1 aromatic heterocycles. The topological polar surface area (TPSA) is 73.6 Å². The number of aromatic nitrogens is 2. The van der Waals surface area contributed by atoms with Gasteiger partial charge in [-0.05, 0) is 31.2 Å². The van der Waals surface area contributed by atoms with Crippen LogP contribution in [0, 0.1) is 11.3 Å². The number of hydrogen-bond donors (Lipinski definition) is 2. The summed E-state index contributed by atoms with van der Waals surface area (Å²) in [5, 5.41) is 15.2. The fraction of sp³-hybridized carbons (Fsp3) is 0.154. The van der Waals surface area contributed by atoms with Crippen molar-refractivity contribution >= 4 is 33.4 Å². The van der Waals surface area contributed by atoms with Gasteiger partial charge in [0.25, 0.3) is 0 Å². The number of benzene rings is 1. The zero-order chi connectivity index (χ0) is 13.7. The Bertz CT molecular complexity index is 621. The van der Waals surface area contributed by atoms with Gasteiger partial charge in [-0.25, -0.2) is 4.98 Å². The molecule has 0 bridgehead atoms. The number of nitrogens with zero attached hydrogens (tertiary/aromatic N) is 3. The largest absolute Gasteiger partial charge is 0.354 e. The molecular weight excluding hydrogens is 306 g/mol. The van der Waals surface area contributed by atoms with Gasteiger partial charge in [0.15, 0.2) is 0 Å². The molecule has 0 aliphatic carbocycles. The van der Waals surface area contributed by atoms with Gasteiger partial charge in [-0.1, -0.05) is 15.9 Å². The smallest absolute Gasteiger partial charge is 0.224 e. The molecule has 0 spiro atoms. The summed E-state index contributed by atoms with van der Waals surface area (Å²) in [6.07, 6.45) is 1.66. The third kappa shape index (κ3) is 3.42. The summed E-state index contributed by atoms with van der Waals surface area (Å²) < 4.78 is 0.898. The van der Waals surface area contributed by atoms with E-state index in [1.807, 2.05) is 19.1 Å². The molecule has 0 aliphatic heterocycles. The fourth-order valence-electron chi connectivity index (χ4n) is 1.53. The van der Waals surface area contributed by atoms with Gasteiger partial charge in [-0.3, -0.25) is 0 Å². The number of hydrogen-bond acceptors (Lipinski definition) is 5. The van der Waals surface area contributed by atoms with E-state index in [9.17, 15) is 0 Å². The highest BCUT2D eigenvalue weighted by Gasteiger charge is 2.05. The summed E-state index contributed by atoms with van der Waals surface area (Å²) >= 11 is 3.38. The summed E-state index contributed by atoms with van der Waals surface area (Å²) in [5.41, 5.74) is 1.27. The maximum Gasteiger partial charge on any atom is 0.224 e. The van der Waals surface area contributed by atoms with E-state index in [-0.39, 0.29) is 0 Å². The van der Waals surface area contributed by atoms with Gasteiger partial charge in [-0.2, -0.15) is 10.2 Å². The third-order valence-corrected chi connectivity index (χ3v) is 2.85. The molecule has 2 rings (SSSR count). The van der Waals surface area contributed by atoms with E-state index in [0.717, 1.165) is 11.0 Å². The standard InChI is InChI=1S/C13H12BrN5/c1-2-16-13-17-6-5-12(19-13)18-11-7-10(14)4-3-9(11)8-15/h3-7H,2H2,1H3,(H2,16,17,18,19). The molecule has 1 aromatic carbocycles. The third-order valence-electron chi connectivity index (χ3n) is 2.36. The average molecular weight is 318 g/mol. The van der Waals surface area contributed by atoms with Crippen molar-refractivity contribution in [2.24, 2.45) is 0 Å². The number of halogens is 1. The van der Waals surface area contributed by atoms with Gasteiger partial charge in [0.1, 0.15) is 11.9 Å². The summed E-state index contributed by atoms with van der Waals surface area (Å²) in [5.74, 6) is 1.20. The van der Waals surface area contributed by atoms with Crippen LogP contribution in [0.2, 0.25) is 0 Å². The van der Waals surface area contributed by atoms with Gasteiger partial charge < -0.3 is 10.6 Å². The maximum absolute atomic E-state index is 9.08. The van der Waals surface area contributed by atoms with E-state index < -0.39 is 0 Å². The first kappa shape index (κ1) is 13.3. The van der Waals surface area contributed by atoms with Gasteiger partial charge >= 0.3 is 0 Å². The van der Waals surface area contributed by atoms with Crippen molar-refractivity contribution in [1.82, 2.24) is 9.97 Å². The molecule has 0 atom stereocenters. The quantitative estimate of drug-likeness (QED) is 0.905. The predicted octanol–water partition coefficient (Wildman–Crippen LogP) is 3.29. The van der Waals surface area contributed by atoms with Gasteiger partial charge in [-0.15, -0.1) is 0 Å². The normalized spacial score (nSPS) is 9.74. The molecule has 6 heteroatoms. The van der Waals surface area contributed by atoms with E-state index in [1.54, 1.807) is 18.3 Å². The lowest BCUT2D eigenvalue weighted by Crippen LogP contribution is -2.04. The van der Waals surface area contributed by atoms with Crippen molar-refractivity contribution in [1.29, 1.82) is 5.26 Å². The lowest BCUT2D eigenvalue weighted by atomic mass is 10.2. The second kappa shape index (κ2) is 6.16. The number of rotatable bonds is 4. The van der Waals surface area contributed by atoms with E-state index in [2.05, 4.69) is 42.6 Å². The summed E-state index contributed by atoms with van der Waals surface area (Å²) in [6.45, 7) is 2.73. The first-order chi connectivity index (χ1) is 9.22. The fourth-order valence-corrected chi connectivity index (χ4v) is 1.89. The predicted molar refractivity (Wildman–Crippen MR) is 78.3 cm³/mol. The Kier molecular flexibility index (Phi) is 4.31. The van der Waals surface area contributed by atoms with E-state index in [0.29, 0.717) is 23.0 Å². The Morgan fingerprint density at radius 3 is 2.95 bits per heavy atom. The monoisotopic (exact) mass is 317 g/mol. The van der Waals surface area contributed by atoms with Crippen molar-refractivity contribution < 1.29 is 0 Å². The lowest BCUT2D eigenvalue weighted by molar-refractivity contribution is 1.09. The highest BCUT2D eigenvalue weighted by molar-refractivity contribution is 9.10. The van der Waals surface area contributed by atoms with Crippen LogP contribution >= 0.6 is 15.9 Å². The minimum atomic E-state index is 0.556. The molecule has 0 saturated carbocycles. The Hall–Kier alpha value is -2.13. The number of nitriles is 1. The molecule has 5 nitrogen and oxygen atoms in total. The molecular formula is C13H12BrN5. The highest BCUT2D eigenvalue weighted by Crippen LogP contribution is 2.23. The summed E-state index contributed by atoms with van der Waals surface area (Å²) in [7, 11) is 0. The van der Waals surface area contributed by atoms with Crippen molar-refractivity contribution in [2.75, 3.05) is 17.2 Å². The molecule has 0 saturated heterocycles. The number of nitrogens with one attached hydrogen (secondary N) is 2. The molecule has 19 heavy (non-hydrogen) atoms. The molecule has 0 radical (unpaired) electrons. The zero-order valence-corrected chi connectivity index (χ0v) is 11.9. The molecule has 1 heterocycles. The molecule has 0 unspecified atom stereocenters. The second-order valence-corrected chi connectivity index (χ2v) is 4.64. The highest BCUT2D eigenvalue weighted by atomic mass is 79.9. The molecule has 96 valence electrons. The molecule has 2 aromatic rings. The minimum absolute atomic E-state index is 0.556. The van der Waals surface area contributed by atoms with Crippen LogP contribution < -0.4 is 10.6 Å². The maximum atomic E-state index is 9.08. The van der Waals surface area contributed by atoms with Crippen LogP contribution in [-0.2, 0) is 0 Å². The van der Waals surface area contributed by atoms with Gasteiger partial charge in [0.2, 0.25) is 5.95 Å². The van der Waals surface area contributed by atoms with Crippen LogP contribution in [-0.4, -0.2) is 16.5 Å². The van der Waals surface area contributed by atoms with Crippen molar-refractivity contribution in [3.8, 4) is 6.07 Å². The van der Waals surface area contributed by atoms with Crippen molar-refractivity contribution in [3.05, 3.63) is 40.5 Å². The van der Waals surface area contributed by atoms with Crippen LogP contribution in [0.5, 0.6) is 0 Å². The molecule has 2 N–H and O–H groups in total. The van der Waals surface area contributed by atoms with Crippen LogP contribution in [0.3, 0.4) is 0 Å². The average Bonchev–Trinajstić information content (AvgIpc) is 2.40. The summed E-state index contributed by atoms with van der Waals surface area (Å²) in [4.78, 5) is 8.40. The number of anilines is 3. The SMILES string of the molecule is CCNc1nccc(Nc2cc(Br)ccc2C#N)n1. The molecule has 0 amide bonds. The molecule has 0 fully saturated rings. The lowest BCUT2D eigenvalue weighted by Gasteiger charge is -2.09. The first-order valence-electron chi connectivity index (χ1n) is 5.76. The van der Waals surface area contributed by atoms with Gasteiger partial charge in [0, 0.05) is 17.2 Å². The Balaban J connectivity index is 2.28. The second-order valence-electron chi connectivity index (χ2n) is 3.72. The minimum Gasteiger partial charge on any atom is -0.354 e. The van der Waals surface area contributed by atoms with E-state index >= 15 is 0 Å². The Labute approximate surface area is 119 Å². The van der Waals surface area contributed by atoms with Gasteiger partial charge in [0.05, 0.1) is 11.3 Å². The van der Waals surface area contributed by atoms with Crippen LogP contribution in [0.1, 0.15) is 12.5 Å². The van der Waals surface area contributed by atoms with E-state index in [4.69, 9.17) is 5.26 Å². The first-order valence-corrected chi connectivity index (χ1v) is 6.56. The Morgan fingerprint density at radius 1 is 1.37 bits per heavy atom.